The monoisotopic (exact) mass is 220 g/mol. The molecule has 0 atom stereocenters. The second kappa shape index (κ2) is 4.47. The Kier molecular flexibility index (Phi) is 3.48. The Morgan fingerprint density at radius 3 is 2.44 bits per heavy atom. The zero-order chi connectivity index (χ0) is 12.3. The van der Waals surface area contributed by atoms with Gasteiger partial charge in [0.15, 0.2) is 5.78 Å². The van der Waals surface area contributed by atoms with Crippen LogP contribution in [-0.2, 0) is 10.2 Å². The van der Waals surface area contributed by atoms with Gasteiger partial charge in [-0.15, -0.1) is 0 Å². The Hall–Kier alpha value is -1.64. The molecule has 0 saturated heterocycles. The van der Waals surface area contributed by atoms with Crippen LogP contribution in [0.5, 0.6) is 0 Å². The topological polar surface area (TPSA) is 54.4 Å². The van der Waals surface area contributed by atoms with Gasteiger partial charge in [0, 0.05) is 12.0 Å². The van der Waals surface area contributed by atoms with Crippen molar-refractivity contribution < 1.29 is 14.7 Å². The summed E-state index contributed by atoms with van der Waals surface area (Å²) in [6.45, 7) is 5.05. The fourth-order valence-electron chi connectivity index (χ4n) is 1.41. The summed E-state index contributed by atoms with van der Waals surface area (Å²) >= 11 is 0. The molecule has 1 N–H and O–H groups in total. The van der Waals surface area contributed by atoms with E-state index in [-0.39, 0.29) is 5.78 Å². The minimum Gasteiger partial charge on any atom is -0.481 e. The van der Waals surface area contributed by atoms with E-state index in [2.05, 4.69) is 0 Å². The normalized spacial score (nSPS) is 11.2. The number of carbonyl (C=O) groups is 2. The molecule has 1 aromatic carbocycles. The van der Waals surface area contributed by atoms with Crippen molar-refractivity contribution in [2.75, 3.05) is 0 Å². The highest BCUT2D eigenvalue weighted by Gasteiger charge is 2.29. The van der Waals surface area contributed by atoms with E-state index in [0.717, 1.165) is 0 Å². The second-order valence-corrected chi connectivity index (χ2v) is 4.29. The van der Waals surface area contributed by atoms with Gasteiger partial charge in [0.1, 0.15) is 0 Å². The molecular formula is C13H16O3. The van der Waals surface area contributed by atoms with Gasteiger partial charge < -0.3 is 5.11 Å². The van der Waals surface area contributed by atoms with Crippen LogP contribution >= 0.6 is 0 Å². The molecule has 0 unspecified atom stereocenters. The molecule has 0 saturated carbocycles. The van der Waals surface area contributed by atoms with E-state index in [4.69, 9.17) is 5.11 Å². The summed E-state index contributed by atoms with van der Waals surface area (Å²) in [5.41, 5.74) is 0.262. The lowest BCUT2D eigenvalue weighted by molar-refractivity contribution is -0.142. The molecular weight excluding hydrogens is 204 g/mol. The van der Waals surface area contributed by atoms with Crippen LogP contribution in [-0.4, -0.2) is 16.9 Å². The first kappa shape index (κ1) is 12.4. The van der Waals surface area contributed by atoms with Gasteiger partial charge in [-0.2, -0.15) is 0 Å². The molecule has 0 bridgehead atoms. The largest absolute Gasteiger partial charge is 0.481 e. The predicted molar refractivity (Wildman–Crippen MR) is 61.7 cm³/mol. The fraction of sp³-hybridized carbons (Fsp3) is 0.385. The number of Topliss-reactive ketones (excluding diaryl/α,β-unsaturated/α-hetero) is 1. The third-order valence-corrected chi connectivity index (χ3v) is 2.76. The summed E-state index contributed by atoms with van der Waals surface area (Å²) in [4.78, 5) is 22.6. The highest BCUT2D eigenvalue weighted by molar-refractivity contribution is 5.96. The van der Waals surface area contributed by atoms with Crippen LogP contribution in [0.4, 0.5) is 0 Å². The summed E-state index contributed by atoms with van der Waals surface area (Å²) < 4.78 is 0. The molecule has 16 heavy (non-hydrogen) atoms. The first-order valence-corrected chi connectivity index (χ1v) is 5.26. The number of carboxylic acids is 1. The highest BCUT2D eigenvalue weighted by atomic mass is 16.4. The van der Waals surface area contributed by atoms with Crippen LogP contribution in [0, 0.1) is 0 Å². The fourth-order valence-corrected chi connectivity index (χ4v) is 1.41. The zero-order valence-corrected chi connectivity index (χ0v) is 9.78. The van der Waals surface area contributed by atoms with E-state index < -0.39 is 11.4 Å². The van der Waals surface area contributed by atoms with Crippen molar-refractivity contribution in [1.82, 2.24) is 0 Å². The van der Waals surface area contributed by atoms with Crippen LogP contribution in [0.3, 0.4) is 0 Å². The Morgan fingerprint density at radius 2 is 1.94 bits per heavy atom. The first-order valence-electron chi connectivity index (χ1n) is 5.26. The van der Waals surface area contributed by atoms with Gasteiger partial charge in [-0.3, -0.25) is 9.59 Å². The third kappa shape index (κ3) is 2.30. The van der Waals surface area contributed by atoms with Crippen molar-refractivity contribution in [2.24, 2.45) is 0 Å². The molecule has 1 rings (SSSR count). The SMILES string of the molecule is CCC(=O)c1cccc(C(C)(C)C(=O)O)c1. The smallest absolute Gasteiger partial charge is 0.313 e. The number of benzene rings is 1. The Labute approximate surface area is 95.1 Å². The van der Waals surface area contributed by atoms with E-state index >= 15 is 0 Å². The maximum absolute atomic E-state index is 11.5. The average Bonchev–Trinajstić information content (AvgIpc) is 2.28. The summed E-state index contributed by atoms with van der Waals surface area (Å²) in [5.74, 6) is -0.864. The second-order valence-electron chi connectivity index (χ2n) is 4.29. The molecule has 3 nitrogen and oxygen atoms in total. The van der Waals surface area contributed by atoms with E-state index in [9.17, 15) is 9.59 Å². The summed E-state index contributed by atoms with van der Waals surface area (Å²) in [6.07, 6.45) is 0.428. The quantitative estimate of drug-likeness (QED) is 0.793. The molecule has 0 aliphatic heterocycles. The molecule has 86 valence electrons. The van der Waals surface area contributed by atoms with Crippen LogP contribution in [0.1, 0.15) is 43.1 Å². The lowest BCUT2D eigenvalue weighted by Crippen LogP contribution is -2.28. The van der Waals surface area contributed by atoms with Crippen molar-refractivity contribution in [3.05, 3.63) is 35.4 Å². The number of carboxylic acid groups (broad SMARTS) is 1. The number of aliphatic carboxylic acids is 1. The molecule has 0 spiro atoms. The summed E-state index contributed by atoms with van der Waals surface area (Å²) in [6, 6.07) is 6.84. The summed E-state index contributed by atoms with van der Waals surface area (Å²) in [5, 5.41) is 9.10. The molecule has 0 heterocycles. The van der Waals surface area contributed by atoms with E-state index in [1.54, 1.807) is 45.0 Å². The first-order chi connectivity index (χ1) is 7.39. The standard InChI is InChI=1S/C13H16O3/c1-4-11(14)9-6-5-7-10(8-9)13(2,3)12(15)16/h5-8H,4H2,1-3H3,(H,15,16). The van der Waals surface area contributed by atoms with Crippen molar-refractivity contribution >= 4 is 11.8 Å². The van der Waals surface area contributed by atoms with Gasteiger partial charge >= 0.3 is 5.97 Å². The van der Waals surface area contributed by atoms with Gasteiger partial charge in [-0.1, -0.05) is 25.1 Å². The number of rotatable bonds is 4. The molecule has 0 radical (unpaired) electrons. The zero-order valence-electron chi connectivity index (χ0n) is 9.78. The number of ketones is 1. The Morgan fingerprint density at radius 1 is 1.31 bits per heavy atom. The Bertz CT molecular complexity index is 419. The predicted octanol–water partition coefficient (Wildman–Crippen LogP) is 2.64. The van der Waals surface area contributed by atoms with Gasteiger partial charge in [-0.25, -0.2) is 0 Å². The molecule has 0 fully saturated rings. The molecule has 0 aromatic heterocycles. The minimum absolute atomic E-state index is 0.0306. The van der Waals surface area contributed by atoms with E-state index in [1.165, 1.54) is 0 Å². The molecule has 0 amide bonds. The van der Waals surface area contributed by atoms with Crippen molar-refractivity contribution in [3.63, 3.8) is 0 Å². The number of hydrogen-bond donors (Lipinski definition) is 1. The van der Waals surface area contributed by atoms with Gasteiger partial charge in [-0.05, 0) is 25.5 Å². The molecule has 3 heteroatoms. The number of carbonyl (C=O) groups excluding carboxylic acids is 1. The van der Waals surface area contributed by atoms with Crippen LogP contribution in [0.2, 0.25) is 0 Å². The van der Waals surface area contributed by atoms with Crippen LogP contribution in [0.25, 0.3) is 0 Å². The van der Waals surface area contributed by atoms with E-state index in [0.29, 0.717) is 17.5 Å². The maximum Gasteiger partial charge on any atom is 0.313 e. The molecule has 0 aliphatic carbocycles. The van der Waals surface area contributed by atoms with Gasteiger partial charge in [0.25, 0.3) is 0 Å². The van der Waals surface area contributed by atoms with Crippen molar-refractivity contribution in [2.45, 2.75) is 32.6 Å². The average molecular weight is 220 g/mol. The molecule has 0 aliphatic rings. The highest BCUT2D eigenvalue weighted by Crippen LogP contribution is 2.24. The number of hydrogen-bond acceptors (Lipinski definition) is 2. The van der Waals surface area contributed by atoms with Crippen LogP contribution < -0.4 is 0 Å². The molecule has 1 aromatic rings. The third-order valence-electron chi connectivity index (χ3n) is 2.76. The Balaban J connectivity index is 3.17. The lowest BCUT2D eigenvalue weighted by Gasteiger charge is -2.20. The minimum atomic E-state index is -0.968. The van der Waals surface area contributed by atoms with Crippen molar-refractivity contribution in [3.8, 4) is 0 Å². The lowest BCUT2D eigenvalue weighted by atomic mass is 9.83. The van der Waals surface area contributed by atoms with Gasteiger partial charge in [0.05, 0.1) is 5.41 Å². The maximum atomic E-state index is 11.5. The van der Waals surface area contributed by atoms with Crippen molar-refractivity contribution in [1.29, 1.82) is 0 Å². The van der Waals surface area contributed by atoms with Crippen LogP contribution in [0.15, 0.2) is 24.3 Å². The van der Waals surface area contributed by atoms with Gasteiger partial charge in [0.2, 0.25) is 0 Å². The van der Waals surface area contributed by atoms with E-state index in [1.807, 2.05) is 0 Å². The summed E-state index contributed by atoms with van der Waals surface area (Å²) in [7, 11) is 0.